The van der Waals surface area contributed by atoms with E-state index in [0.717, 1.165) is 36.7 Å². The molecule has 1 atom stereocenters. The Kier molecular flexibility index (Phi) is 6.89. The Morgan fingerprint density at radius 3 is 2.67 bits per heavy atom. The molecule has 0 radical (unpaired) electrons. The molecule has 1 amide bonds. The normalized spacial score (nSPS) is 16.2. The third-order valence-corrected chi connectivity index (χ3v) is 5.92. The second kappa shape index (κ2) is 9.84. The molecule has 1 fully saturated rings. The number of para-hydroxylation sites is 1. The number of benzene rings is 2. The highest BCUT2D eigenvalue weighted by molar-refractivity contribution is 7.99. The molecular weight excluding hydrogens is 459 g/mol. The Morgan fingerprint density at radius 1 is 1.21 bits per heavy atom. The molecule has 33 heavy (non-hydrogen) atoms. The third kappa shape index (κ3) is 6.05. The molecule has 3 aromatic rings. The molecule has 1 saturated heterocycles. The molecule has 7 nitrogen and oxygen atoms in total. The monoisotopic (exact) mass is 479 g/mol. The average Bonchev–Trinajstić information content (AvgIpc) is 3.28. The van der Waals surface area contributed by atoms with Crippen molar-refractivity contribution in [2.75, 3.05) is 17.7 Å². The fourth-order valence-electron chi connectivity index (χ4n) is 3.48. The Labute approximate surface area is 190 Å². The molecule has 0 saturated carbocycles. The zero-order valence-corrected chi connectivity index (χ0v) is 18.1. The molecule has 1 unspecified atom stereocenters. The number of aromatic nitrogens is 2. The highest BCUT2D eigenvalue weighted by Crippen LogP contribution is 2.25. The maximum absolute atomic E-state index is 13.1. The van der Waals surface area contributed by atoms with Gasteiger partial charge in [0.25, 0.3) is 5.56 Å². The van der Waals surface area contributed by atoms with E-state index in [9.17, 15) is 22.8 Å². The van der Waals surface area contributed by atoms with Crippen molar-refractivity contribution in [3.8, 4) is 5.75 Å². The number of hydrogen-bond donors (Lipinski definition) is 1. The molecule has 1 N–H and O–H groups in total. The van der Waals surface area contributed by atoms with Gasteiger partial charge in [0.2, 0.25) is 5.91 Å². The topological polar surface area (TPSA) is 82.5 Å². The van der Waals surface area contributed by atoms with Crippen molar-refractivity contribution in [3.05, 3.63) is 58.9 Å². The lowest BCUT2D eigenvalue weighted by atomic mass is 10.2. The minimum Gasteiger partial charge on any atom is -0.406 e. The molecule has 0 aliphatic carbocycles. The van der Waals surface area contributed by atoms with E-state index >= 15 is 0 Å². The van der Waals surface area contributed by atoms with Crippen molar-refractivity contribution >= 4 is 34.3 Å². The number of halogens is 3. The van der Waals surface area contributed by atoms with Crippen LogP contribution < -0.4 is 15.6 Å². The molecule has 174 valence electrons. The number of carbonyl (C=O) groups is 1. The summed E-state index contributed by atoms with van der Waals surface area (Å²) in [6, 6.07) is 11.9. The van der Waals surface area contributed by atoms with Crippen molar-refractivity contribution in [1.29, 1.82) is 0 Å². The predicted molar refractivity (Wildman–Crippen MR) is 117 cm³/mol. The summed E-state index contributed by atoms with van der Waals surface area (Å²) >= 11 is 1.11. The van der Waals surface area contributed by atoms with E-state index in [1.54, 1.807) is 28.8 Å². The zero-order chi connectivity index (χ0) is 23.4. The van der Waals surface area contributed by atoms with Crippen LogP contribution in [0.25, 0.3) is 10.9 Å². The minimum absolute atomic E-state index is 0.0445. The number of rotatable bonds is 7. The van der Waals surface area contributed by atoms with Crippen LogP contribution in [0.5, 0.6) is 5.75 Å². The SMILES string of the molecule is O=C(CSc1nc2ccccc2c(=O)n1CC1CCCO1)Nc1ccc(OC(F)(F)F)cc1. The molecular formula is C22H20F3N3O4S. The molecule has 1 aliphatic rings. The molecule has 2 aromatic carbocycles. The highest BCUT2D eigenvalue weighted by Gasteiger charge is 2.31. The van der Waals surface area contributed by atoms with Crippen LogP contribution in [0.4, 0.5) is 18.9 Å². The summed E-state index contributed by atoms with van der Waals surface area (Å²) in [5, 5.41) is 3.50. The minimum atomic E-state index is -4.78. The lowest BCUT2D eigenvalue weighted by molar-refractivity contribution is -0.274. The van der Waals surface area contributed by atoms with Gasteiger partial charge in [-0.2, -0.15) is 0 Å². The van der Waals surface area contributed by atoms with Crippen LogP contribution in [0.3, 0.4) is 0 Å². The average molecular weight is 479 g/mol. The molecule has 2 heterocycles. The first-order chi connectivity index (χ1) is 15.8. The Bertz CT molecular complexity index is 1190. The van der Waals surface area contributed by atoms with Crippen molar-refractivity contribution in [2.24, 2.45) is 0 Å². The van der Waals surface area contributed by atoms with Crippen LogP contribution in [0.1, 0.15) is 12.8 Å². The van der Waals surface area contributed by atoms with Crippen molar-refractivity contribution < 1.29 is 27.4 Å². The van der Waals surface area contributed by atoms with E-state index in [0.29, 0.717) is 34.9 Å². The van der Waals surface area contributed by atoms with Gasteiger partial charge in [-0.15, -0.1) is 13.2 Å². The van der Waals surface area contributed by atoms with Crippen LogP contribution in [-0.4, -0.2) is 40.3 Å². The highest BCUT2D eigenvalue weighted by atomic mass is 32.2. The molecule has 1 aromatic heterocycles. The van der Waals surface area contributed by atoms with E-state index in [-0.39, 0.29) is 23.2 Å². The largest absolute Gasteiger partial charge is 0.573 e. The number of amides is 1. The third-order valence-electron chi connectivity index (χ3n) is 4.94. The smallest absolute Gasteiger partial charge is 0.406 e. The number of nitrogens with one attached hydrogen (secondary N) is 1. The molecule has 1 aliphatic heterocycles. The summed E-state index contributed by atoms with van der Waals surface area (Å²) < 4.78 is 47.8. The van der Waals surface area contributed by atoms with Crippen LogP contribution >= 0.6 is 11.8 Å². The van der Waals surface area contributed by atoms with Gasteiger partial charge in [0.1, 0.15) is 5.75 Å². The fraction of sp³-hybridized carbons (Fsp3) is 0.318. The van der Waals surface area contributed by atoms with Gasteiger partial charge in [-0.05, 0) is 49.2 Å². The summed E-state index contributed by atoms with van der Waals surface area (Å²) in [6.45, 7) is 0.999. The molecule has 11 heteroatoms. The lowest BCUT2D eigenvalue weighted by Crippen LogP contribution is -2.29. The summed E-state index contributed by atoms with van der Waals surface area (Å²) in [7, 11) is 0. The van der Waals surface area contributed by atoms with Gasteiger partial charge in [0.15, 0.2) is 5.16 Å². The Balaban J connectivity index is 1.46. The number of hydrogen-bond acceptors (Lipinski definition) is 6. The quantitative estimate of drug-likeness (QED) is 0.404. The molecule has 0 bridgehead atoms. The number of alkyl halides is 3. The number of anilines is 1. The maximum atomic E-state index is 13.1. The van der Waals surface area contributed by atoms with Crippen LogP contribution in [0, 0.1) is 0 Å². The van der Waals surface area contributed by atoms with Gasteiger partial charge in [-0.25, -0.2) is 4.98 Å². The van der Waals surface area contributed by atoms with Gasteiger partial charge in [-0.3, -0.25) is 14.2 Å². The van der Waals surface area contributed by atoms with E-state index in [4.69, 9.17) is 4.74 Å². The fourth-order valence-corrected chi connectivity index (χ4v) is 4.29. The summed E-state index contributed by atoms with van der Waals surface area (Å²) in [6.07, 6.45) is -3.10. The summed E-state index contributed by atoms with van der Waals surface area (Å²) in [5.74, 6) is -0.819. The first-order valence-electron chi connectivity index (χ1n) is 10.2. The molecule has 0 spiro atoms. The van der Waals surface area contributed by atoms with E-state index in [2.05, 4.69) is 15.0 Å². The first kappa shape index (κ1) is 23.1. The van der Waals surface area contributed by atoms with Gasteiger partial charge in [-0.1, -0.05) is 23.9 Å². The number of thioether (sulfide) groups is 1. The van der Waals surface area contributed by atoms with E-state index < -0.39 is 12.3 Å². The Hall–Kier alpha value is -3.05. The standard InChI is InChI=1S/C22H20F3N3O4S/c23-22(24,25)32-15-9-7-14(8-10-15)26-19(29)13-33-21-27-18-6-2-1-5-17(18)20(30)28(21)12-16-4-3-11-31-16/h1-2,5-10,16H,3-4,11-13H2,(H,26,29). The zero-order valence-electron chi connectivity index (χ0n) is 17.3. The van der Waals surface area contributed by atoms with Crippen LogP contribution in [0.2, 0.25) is 0 Å². The number of ether oxygens (including phenoxy) is 2. The molecule has 4 rings (SSSR count). The van der Waals surface area contributed by atoms with E-state index in [1.807, 2.05) is 0 Å². The van der Waals surface area contributed by atoms with Gasteiger partial charge < -0.3 is 14.8 Å². The summed E-state index contributed by atoms with van der Waals surface area (Å²) in [5.41, 5.74) is 0.659. The second-order valence-corrected chi connectivity index (χ2v) is 8.31. The first-order valence-corrected chi connectivity index (χ1v) is 11.2. The van der Waals surface area contributed by atoms with Crippen molar-refractivity contribution in [1.82, 2.24) is 9.55 Å². The van der Waals surface area contributed by atoms with Crippen LogP contribution in [0.15, 0.2) is 58.5 Å². The van der Waals surface area contributed by atoms with Crippen molar-refractivity contribution in [2.45, 2.75) is 37.0 Å². The predicted octanol–water partition coefficient (Wildman–Crippen LogP) is 4.20. The van der Waals surface area contributed by atoms with Crippen LogP contribution in [-0.2, 0) is 16.1 Å². The number of nitrogens with zero attached hydrogens (tertiary/aromatic N) is 2. The van der Waals surface area contributed by atoms with Gasteiger partial charge in [0.05, 0.1) is 29.3 Å². The van der Waals surface area contributed by atoms with E-state index in [1.165, 1.54) is 12.1 Å². The van der Waals surface area contributed by atoms with Crippen molar-refractivity contribution in [3.63, 3.8) is 0 Å². The lowest BCUT2D eigenvalue weighted by Gasteiger charge is -2.16. The number of fused-ring (bicyclic) bond motifs is 1. The number of carbonyl (C=O) groups excluding carboxylic acids is 1. The van der Waals surface area contributed by atoms with Gasteiger partial charge >= 0.3 is 6.36 Å². The summed E-state index contributed by atoms with van der Waals surface area (Å²) in [4.78, 5) is 30.1. The maximum Gasteiger partial charge on any atom is 0.573 e. The second-order valence-electron chi connectivity index (χ2n) is 7.37. The van der Waals surface area contributed by atoms with Gasteiger partial charge in [0, 0.05) is 12.3 Å². The Morgan fingerprint density at radius 2 is 1.97 bits per heavy atom.